The minimum absolute atomic E-state index is 0.0178. The Labute approximate surface area is 165 Å². The predicted molar refractivity (Wildman–Crippen MR) is 107 cm³/mol. The molecule has 2 aliphatic heterocycles. The molecule has 0 bridgehead atoms. The first-order chi connectivity index (χ1) is 13.8. The fourth-order valence-corrected chi connectivity index (χ4v) is 3.82. The van der Waals surface area contributed by atoms with Crippen LogP contribution in [0.2, 0.25) is 0 Å². The number of carbonyl (C=O) groups excluding carboxylic acids is 1. The summed E-state index contributed by atoms with van der Waals surface area (Å²) in [6.45, 7) is 5.88. The van der Waals surface area contributed by atoms with Crippen LogP contribution in [0.4, 0.5) is 5.95 Å². The summed E-state index contributed by atoms with van der Waals surface area (Å²) in [6.07, 6.45) is 5.07. The smallest absolute Gasteiger partial charge is 0.225 e. The molecule has 1 aromatic heterocycles. The van der Waals surface area contributed by atoms with Crippen LogP contribution < -0.4 is 15.0 Å². The minimum atomic E-state index is -0.0178. The zero-order valence-electron chi connectivity index (χ0n) is 16.1. The number of ether oxygens (including phenoxy) is 1. The van der Waals surface area contributed by atoms with Crippen molar-refractivity contribution in [1.82, 2.24) is 20.2 Å². The van der Waals surface area contributed by atoms with E-state index < -0.39 is 0 Å². The Balaban J connectivity index is 1.20. The third-order valence-corrected chi connectivity index (χ3v) is 5.47. The molecule has 0 spiro atoms. The summed E-state index contributed by atoms with van der Waals surface area (Å²) in [6, 6.07) is 9.85. The first-order valence-corrected chi connectivity index (χ1v) is 10.0. The highest BCUT2D eigenvalue weighted by atomic mass is 16.5. The van der Waals surface area contributed by atoms with Gasteiger partial charge in [0, 0.05) is 57.6 Å². The zero-order valence-corrected chi connectivity index (χ0v) is 16.1. The number of anilines is 1. The lowest BCUT2D eigenvalue weighted by Crippen LogP contribution is -2.49. The van der Waals surface area contributed by atoms with Crippen molar-refractivity contribution in [2.75, 3.05) is 50.8 Å². The van der Waals surface area contributed by atoms with Gasteiger partial charge in [-0.2, -0.15) is 0 Å². The molecule has 148 valence electrons. The van der Waals surface area contributed by atoms with Gasteiger partial charge in [-0.1, -0.05) is 18.2 Å². The second kappa shape index (κ2) is 9.01. The maximum atomic E-state index is 12.6. The largest absolute Gasteiger partial charge is 0.493 e. The van der Waals surface area contributed by atoms with Crippen molar-refractivity contribution in [1.29, 1.82) is 0 Å². The summed E-state index contributed by atoms with van der Waals surface area (Å²) in [5.41, 5.74) is 1.12. The molecule has 0 saturated carbocycles. The summed E-state index contributed by atoms with van der Waals surface area (Å²) >= 11 is 0. The van der Waals surface area contributed by atoms with Crippen molar-refractivity contribution in [3.8, 4) is 5.75 Å². The van der Waals surface area contributed by atoms with Gasteiger partial charge in [-0.05, 0) is 30.5 Å². The van der Waals surface area contributed by atoms with E-state index in [0.29, 0.717) is 13.2 Å². The number of fused-ring (bicyclic) bond motifs is 1. The average Bonchev–Trinajstić information content (AvgIpc) is 2.97. The summed E-state index contributed by atoms with van der Waals surface area (Å²) in [4.78, 5) is 25.9. The average molecular weight is 381 g/mol. The van der Waals surface area contributed by atoms with Gasteiger partial charge in [0.1, 0.15) is 5.75 Å². The van der Waals surface area contributed by atoms with Gasteiger partial charge in [0.05, 0.1) is 6.61 Å². The number of amides is 1. The quantitative estimate of drug-likeness (QED) is 0.843. The highest BCUT2D eigenvalue weighted by Crippen LogP contribution is 2.26. The molecule has 1 aromatic carbocycles. The van der Waals surface area contributed by atoms with Crippen LogP contribution in [-0.2, 0) is 11.2 Å². The van der Waals surface area contributed by atoms with Gasteiger partial charge in [0.25, 0.3) is 0 Å². The van der Waals surface area contributed by atoms with Crippen molar-refractivity contribution in [2.24, 2.45) is 5.92 Å². The first-order valence-electron chi connectivity index (χ1n) is 10.0. The molecule has 1 N–H and O–H groups in total. The predicted octanol–water partition coefficient (Wildman–Crippen LogP) is 1.36. The van der Waals surface area contributed by atoms with Crippen molar-refractivity contribution in [3.63, 3.8) is 0 Å². The number of nitrogens with one attached hydrogen (secondary N) is 1. The van der Waals surface area contributed by atoms with Crippen LogP contribution in [-0.4, -0.2) is 66.7 Å². The molecule has 1 saturated heterocycles. The Hall–Kier alpha value is -2.67. The van der Waals surface area contributed by atoms with Crippen LogP contribution >= 0.6 is 0 Å². The van der Waals surface area contributed by atoms with Gasteiger partial charge in [0.2, 0.25) is 11.9 Å². The van der Waals surface area contributed by atoms with Crippen LogP contribution in [0.3, 0.4) is 0 Å². The molecule has 4 rings (SSSR count). The number of para-hydroxylation sites is 1. The van der Waals surface area contributed by atoms with Crippen molar-refractivity contribution >= 4 is 11.9 Å². The zero-order chi connectivity index (χ0) is 19.2. The lowest BCUT2D eigenvalue weighted by atomic mass is 9.96. The highest BCUT2D eigenvalue weighted by Gasteiger charge is 2.24. The van der Waals surface area contributed by atoms with Crippen LogP contribution in [0, 0.1) is 5.92 Å². The maximum absolute atomic E-state index is 12.6. The Morgan fingerprint density at radius 1 is 1.11 bits per heavy atom. The molecule has 3 heterocycles. The molecular weight excluding hydrogens is 354 g/mol. The van der Waals surface area contributed by atoms with Gasteiger partial charge in [0.15, 0.2) is 0 Å². The fraction of sp³-hybridized carbons (Fsp3) is 0.476. The Kier molecular flexibility index (Phi) is 6.01. The van der Waals surface area contributed by atoms with Crippen LogP contribution in [0.5, 0.6) is 5.75 Å². The molecule has 7 heteroatoms. The van der Waals surface area contributed by atoms with Gasteiger partial charge in [-0.3, -0.25) is 9.69 Å². The number of carbonyl (C=O) groups is 1. The van der Waals surface area contributed by atoms with E-state index in [-0.39, 0.29) is 11.8 Å². The summed E-state index contributed by atoms with van der Waals surface area (Å²) in [5.74, 6) is 1.83. The lowest BCUT2D eigenvalue weighted by molar-refractivity contribution is -0.125. The normalized spacial score (nSPS) is 20.0. The molecule has 1 atom stereocenters. The van der Waals surface area contributed by atoms with Crippen molar-refractivity contribution in [2.45, 2.75) is 12.8 Å². The second-order valence-corrected chi connectivity index (χ2v) is 7.31. The lowest BCUT2D eigenvalue weighted by Gasteiger charge is -2.34. The van der Waals surface area contributed by atoms with E-state index in [9.17, 15) is 4.79 Å². The Bertz CT molecular complexity index is 777. The van der Waals surface area contributed by atoms with E-state index in [1.165, 1.54) is 0 Å². The molecule has 1 fully saturated rings. The Morgan fingerprint density at radius 3 is 2.71 bits per heavy atom. The van der Waals surface area contributed by atoms with E-state index in [1.807, 2.05) is 24.3 Å². The molecular formula is C21H27N5O2. The van der Waals surface area contributed by atoms with Crippen LogP contribution in [0.1, 0.15) is 12.0 Å². The van der Waals surface area contributed by atoms with Crippen molar-refractivity contribution < 1.29 is 9.53 Å². The topological polar surface area (TPSA) is 70.6 Å². The van der Waals surface area contributed by atoms with Gasteiger partial charge in [-0.15, -0.1) is 0 Å². The molecule has 2 aliphatic rings. The maximum Gasteiger partial charge on any atom is 0.225 e. The number of piperazine rings is 1. The molecule has 28 heavy (non-hydrogen) atoms. The van der Waals surface area contributed by atoms with E-state index in [1.54, 1.807) is 12.4 Å². The standard InChI is InChI=1S/C21H27N5O2/c27-20(18-6-15-28-19-5-2-1-4-17(19)16-18)22-9-10-25-11-13-26(14-12-25)21-23-7-3-8-24-21/h1-5,7-8,18H,6,9-16H2,(H,22,27). The fourth-order valence-electron chi connectivity index (χ4n) is 3.82. The third kappa shape index (κ3) is 4.59. The summed E-state index contributed by atoms with van der Waals surface area (Å²) < 4.78 is 5.77. The van der Waals surface area contributed by atoms with E-state index >= 15 is 0 Å². The molecule has 7 nitrogen and oxygen atoms in total. The minimum Gasteiger partial charge on any atom is -0.493 e. The number of benzene rings is 1. The molecule has 1 unspecified atom stereocenters. The number of hydrogen-bond donors (Lipinski definition) is 1. The number of rotatable bonds is 5. The van der Waals surface area contributed by atoms with Crippen molar-refractivity contribution in [3.05, 3.63) is 48.3 Å². The summed E-state index contributed by atoms with van der Waals surface area (Å²) in [7, 11) is 0. The van der Waals surface area contributed by atoms with Gasteiger partial charge < -0.3 is 15.0 Å². The molecule has 0 radical (unpaired) electrons. The monoisotopic (exact) mass is 381 g/mol. The van der Waals surface area contributed by atoms with Crippen LogP contribution in [0.25, 0.3) is 0 Å². The Morgan fingerprint density at radius 2 is 1.89 bits per heavy atom. The van der Waals surface area contributed by atoms with Gasteiger partial charge in [-0.25, -0.2) is 9.97 Å². The third-order valence-electron chi connectivity index (χ3n) is 5.47. The number of hydrogen-bond acceptors (Lipinski definition) is 6. The van der Waals surface area contributed by atoms with Crippen LogP contribution in [0.15, 0.2) is 42.7 Å². The number of aromatic nitrogens is 2. The number of nitrogens with zero attached hydrogens (tertiary/aromatic N) is 4. The van der Waals surface area contributed by atoms with E-state index in [4.69, 9.17) is 4.74 Å². The van der Waals surface area contributed by atoms with Gasteiger partial charge >= 0.3 is 0 Å². The van der Waals surface area contributed by atoms with E-state index in [0.717, 1.165) is 62.8 Å². The first kappa shape index (κ1) is 18.7. The summed E-state index contributed by atoms with van der Waals surface area (Å²) in [5, 5.41) is 3.13. The molecule has 1 amide bonds. The SMILES string of the molecule is O=C(NCCN1CCN(c2ncccn2)CC1)C1CCOc2ccccc2C1. The highest BCUT2D eigenvalue weighted by molar-refractivity contribution is 5.79. The molecule has 2 aromatic rings. The second-order valence-electron chi connectivity index (χ2n) is 7.31. The molecule has 0 aliphatic carbocycles. The van der Waals surface area contributed by atoms with E-state index in [2.05, 4.69) is 31.2 Å².